The second-order valence-electron chi connectivity index (χ2n) is 8.48. The van der Waals surface area contributed by atoms with Gasteiger partial charge in [-0.15, -0.1) is 69.1 Å². The van der Waals surface area contributed by atoms with Gasteiger partial charge in [-0.3, -0.25) is 0 Å². The molecule has 3 heteroatoms. The molecule has 0 radical (unpaired) electrons. The Bertz CT molecular complexity index is 1290. The topological polar surface area (TPSA) is 0 Å². The van der Waals surface area contributed by atoms with Crippen LogP contribution in [0.3, 0.4) is 0 Å². The van der Waals surface area contributed by atoms with Gasteiger partial charge < -0.3 is 24.8 Å². The van der Waals surface area contributed by atoms with Crippen LogP contribution in [0.2, 0.25) is 0 Å². The predicted octanol–water partition coefficient (Wildman–Crippen LogP) is 3.07. The number of hydrogen-bond donors (Lipinski definition) is 0. The van der Waals surface area contributed by atoms with E-state index in [1.54, 1.807) is 0 Å². The molecule has 35 heavy (non-hydrogen) atoms. The zero-order valence-corrected chi connectivity index (χ0v) is 22.9. The maximum Gasteiger partial charge on any atom is 4.00 e. The summed E-state index contributed by atoms with van der Waals surface area (Å²) < 4.78 is 0. The molecule has 0 aliphatic carbocycles. The summed E-state index contributed by atoms with van der Waals surface area (Å²) in [4.78, 5) is 0. The molecule has 6 rings (SSSR count). The molecule has 0 bridgehead atoms. The maximum absolute atomic E-state index is 2.25. The summed E-state index contributed by atoms with van der Waals surface area (Å²) in [5.74, 6) is 0. The molecule has 0 N–H and O–H groups in total. The van der Waals surface area contributed by atoms with Gasteiger partial charge in [0, 0.05) is 0 Å². The van der Waals surface area contributed by atoms with Gasteiger partial charge in [-0.1, -0.05) is 107 Å². The molecule has 0 amide bonds. The summed E-state index contributed by atoms with van der Waals surface area (Å²) in [5, 5.41) is 5.27. The maximum atomic E-state index is 2.25. The van der Waals surface area contributed by atoms with Crippen molar-refractivity contribution in [2.75, 3.05) is 0 Å². The molecule has 0 saturated carbocycles. The molecule has 6 aromatic carbocycles. The van der Waals surface area contributed by atoms with Crippen molar-refractivity contribution >= 4 is 21.5 Å². The van der Waals surface area contributed by atoms with Gasteiger partial charge in [0.15, 0.2) is 0 Å². The Hall–Kier alpha value is -2.61. The van der Waals surface area contributed by atoms with Crippen molar-refractivity contribution in [3.63, 3.8) is 0 Å². The second kappa shape index (κ2) is 12.9. The minimum atomic E-state index is 0. The first-order valence-corrected chi connectivity index (χ1v) is 11.1. The Labute approximate surface area is 235 Å². The molecule has 6 aromatic rings. The van der Waals surface area contributed by atoms with Gasteiger partial charge in [-0.05, 0) is 13.8 Å². The first-order chi connectivity index (χ1) is 15.7. The summed E-state index contributed by atoms with van der Waals surface area (Å²) in [7, 11) is 0. The third-order valence-electron chi connectivity index (χ3n) is 6.01. The summed E-state index contributed by atoms with van der Waals surface area (Å²) >= 11 is 0. The Morgan fingerprint density at radius 1 is 0.457 bits per heavy atom. The zero-order valence-electron chi connectivity index (χ0n) is 19.8. The smallest absolute Gasteiger partial charge is 1.00 e. The molecule has 0 nitrogen and oxygen atoms in total. The SMILES string of the molecule is Cc1ccc(-c2cc3ccccc3[cH-]2)cc1.Cc1ccc(-c2cc3ccccc3[cH-]2)cc1.[Cl-].[Cl-].[Ti+4]. The molecule has 0 atom stereocenters. The van der Waals surface area contributed by atoms with Crippen LogP contribution in [0, 0.1) is 13.8 Å². The average Bonchev–Trinajstić information content (AvgIpc) is 3.45. The van der Waals surface area contributed by atoms with E-state index in [9.17, 15) is 0 Å². The van der Waals surface area contributed by atoms with Crippen LogP contribution in [0.1, 0.15) is 11.1 Å². The largest absolute Gasteiger partial charge is 4.00 e. The van der Waals surface area contributed by atoms with Gasteiger partial charge in [-0.2, -0.15) is 0 Å². The van der Waals surface area contributed by atoms with Crippen LogP contribution in [0.5, 0.6) is 0 Å². The van der Waals surface area contributed by atoms with Gasteiger partial charge in [0.2, 0.25) is 0 Å². The normalized spacial score (nSPS) is 9.89. The molecule has 0 aromatic heterocycles. The fourth-order valence-electron chi connectivity index (χ4n) is 4.13. The first kappa shape index (κ1) is 28.6. The number of benzene rings is 4. The quantitative estimate of drug-likeness (QED) is 0.239. The number of rotatable bonds is 2. The van der Waals surface area contributed by atoms with E-state index < -0.39 is 0 Å². The van der Waals surface area contributed by atoms with E-state index in [1.807, 2.05) is 0 Å². The fourth-order valence-corrected chi connectivity index (χ4v) is 4.13. The van der Waals surface area contributed by atoms with Crippen LogP contribution in [-0.4, -0.2) is 0 Å². The average molecular weight is 529 g/mol. The van der Waals surface area contributed by atoms with Crippen LogP contribution in [0.25, 0.3) is 43.8 Å². The van der Waals surface area contributed by atoms with Gasteiger partial charge in [0.05, 0.1) is 0 Å². The van der Waals surface area contributed by atoms with Crippen LogP contribution >= 0.6 is 0 Å². The molecule has 0 aliphatic heterocycles. The number of aryl methyl sites for hydroxylation is 2. The fraction of sp³-hybridized carbons (Fsp3) is 0.0625. The van der Waals surface area contributed by atoms with E-state index in [1.165, 1.54) is 54.9 Å². The molecule has 0 unspecified atom stereocenters. The monoisotopic (exact) mass is 528 g/mol. The predicted molar refractivity (Wildman–Crippen MR) is 139 cm³/mol. The molecule has 0 aliphatic rings. The van der Waals surface area contributed by atoms with Gasteiger partial charge in [0.25, 0.3) is 0 Å². The summed E-state index contributed by atoms with van der Waals surface area (Å²) in [5.41, 5.74) is 7.81. The Kier molecular flexibility index (Phi) is 10.6. The minimum Gasteiger partial charge on any atom is -1.00 e. The van der Waals surface area contributed by atoms with Crippen LogP contribution in [-0.2, 0) is 21.7 Å². The summed E-state index contributed by atoms with van der Waals surface area (Å²) in [6, 6.07) is 43.4. The van der Waals surface area contributed by atoms with Gasteiger partial charge in [-0.25, -0.2) is 0 Å². The van der Waals surface area contributed by atoms with Gasteiger partial charge in [0.1, 0.15) is 0 Å². The van der Waals surface area contributed by atoms with Gasteiger partial charge >= 0.3 is 21.7 Å². The standard InChI is InChI=1S/2C16H13.2ClH.Ti/c2*1-12-6-8-13(9-7-12)16-10-14-4-2-3-5-15(14)11-16;;;/h2*2-11H,1H3;2*1H;/q2*-1;;;+4/p-2. The summed E-state index contributed by atoms with van der Waals surface area (Å²) in [6.07, 6.45) is 0. The van der Waals surface area contributed by atoms with Crippen molar-refractivity contribution in [3.8, 4) is 22.3 Å². The van der Waals surface area contributed by atoms with E-state index in [4.69, 9.17) is 0 Å². The Morgan fingerprint density at radius 3 is 1.14 bits per heavy atom. The zero-order chi connectivity index (χ0) is 21.9. The number of hydrogen-bond acceptors (Lipinski definition) is 0. The number of fused-ring (bicyclic) bond motifs is 2. The first-order valence-electron chi connectivity index (χ1n) is 11.1. The summed E-state index contributed by atoms with van der Waals surface area (Å²) in [6.45, 7) is 4.23. The minimum absolute atomic E-state index is 0. The number of halogens is 2. The van der Waals surface area contributed by atoms with Crippen LogP contribution < -0.4 is 24.8 Å². The molecular weight excluding hydrogens is 503 g/mol. The molecule has 0 heterocycles. The third-order valence-corrected chi connectivity index (χ3v) is 6.01. The van der Waals surface area contributed by atoms with E-state index in [0.717, 1.165) is 0 Å². The van der Waals surface area contributed by atoms with Crippen molar-refractivity contribution in [1.29, 1.82) is 0 Å². The molecular formula is C32H26Cl2Ti. The van der Waals surface area contributed by atoms with Crippen molar-refractivity contribution in [3.05, 3.63) is 132 Å². The van der Waals surface area contributed by atoms with Crippen LogP contribution in [0.15, 0.2) is 121 Å². The van der Waals surface area contributed by atoms with Crippen molar-refractivity contribution in [2.45, 2.75) is 13.8 Å². The van der Waals surface area contributed by atoms with Crippen molar-refractivity contribution in [2.24, 2.45) is 0 Å². The van der Waals surface area contributed by atoms with Crippen molar-refractivity contribution < 1.29 is 46.5 Å². The van der Waals surface area contributed by atoms with Crippen molar-refractivity contribution in [1.82, 2.24) is 0 Å². The molecule has 172 valence electrons. The molecule has 0 spiro atoms. The third kappa shape index (κ3) is 6.75. The van der Waals surface area contributed by atoms with E-state index in [-0.39, 0.29) is 46.5 Å². The Morgan fingerprint density at radius 2 is 0.800 bits per heavy atom. The Balaban J connectivity index is 0.000000227. The van der Waals surface area contributed by atoms with E-state index in [2.05, 4.69) is 135 Å². The van der Waals surface area contributed by atoms with E-state index >= 15 is 0 Å². The second-order valence-corrected chi connectivity index (χ2v) is 8.48. The van der Waals surface area contributed by atoms with Crippen LogP contribution in [0.4, 0.5) is 0 Å². The molecule has 0 saturated heterocycles. The van der Waals surface area contributed by atoms with E-state index in [0.29, 0.717) is 0 Å². The molecule has 0 fully saturated rings.